The smallest absolute Gasteiger partial charge is 0.409 e. The Kier molecular flexibility index (Phi) is 10.6. The summed E-state index contributed by atoms with van der Waals surface area (Å²) in [5, 5.41) is 3.25. The molecule has 198 valence electrons. The van der Waals surface area contributed by atoms with Gasteiger partial charge in [-0.2, -0.15) is 0 Å². The second-order valence-electron chi connectivity index (χ2n) is 8.20. The predicted molar refractivity (Wildman–Crippen MR) is 140 cm³/mol. The number of esters is 1. The van der Waals surface area contributed by atoms with Gasteiger partial charge in [0.2, 0.25) is 5.91 Å². The normalized spacial score (nSPS) is 13.5. The van der Waals surface area contributed by atoms with E-state index in [0.29, 0.717) is 42.7 Å². The van der Waals surface area contributed by atoms with E-state index >= 15 is 0 Å². The number of thiazole rings is 1. The lowest BCUT2D eigenvalue weighted by molar-refractivity contribution is -0.137. The molecule has 11 heteroatoms. The molecule has 1 N–H and O–H groups in total. The number of piperazine rings is 1. The van der Waals surface area contributed by atoms with Crippen molar-refractivity contribution in [3.05, 3.63) is 47.0 Å². The molecule has 37 heavy (non-hydrogen) atoms. The summed E-state index contributed by atoms with van der Waals surface area (Å²) in [6, 6.07) is 9.37. The zero-order chi connectivity index (χ0) is 26.6. The van der Waals surface area contributed by atoms with Gasteiger partial charge in [-0.3, -0.25) is 9.59 Å². The van der Waals surface area contributed by atoms with Crippen LogP contribution in [0.2, 0.25) is 0 Å². The third-order valence-corrected chi connectivity index (χ3v) is 6.63. The average molecular weight is 529 g/mol. The van der Waals surface area contributed by atoms with Crippen molar-refractivity contribution in [1.29, 1.82) is 0 Å². The molecular weight excluding hydrogens is 496 g/mol. The van der Waals surface area contributed by atoms with E-state index in [0.717, 1.165) is 18.4 Å². The molecule has 2 heterocycles. The van der Waals surface area contributed by atoms with Crippen molar-refractivity contribution in [1.82, 2.24) is 20.1 Å². The molecule has 0 spiro atoms. The summed E-state index contributed by atoms with van der Waals surface area (Å²) < 4.78 is 10.1. The summed E-state index contributed by atoms with van der Waals surface area (Å²) in [6.45, 7) is 5.62. The van der Waals surface area contributed by atoms with E-state index in [1.807, 2.05) is 37.3 Å². The molecule has 1 aliphatic heterocycles. The van der Waals surface area contributed by atoms with E-state index < -0.39 is 11.9 Å². The standard InChI is InChI=1S/C26H32N4O6S/c1-3-5-17-36-26(34)30-15-13-29(14-16-30)21(31)18-27-24(33)23-20(11-12-22(32)35-4-2)37-25(28-23)19-9-7-6-8-10-19/h6-12H,3-5,13-18H2,1-2H3,(H,27,33)/b12-11+. The van der Waals surface area contributed by atoms with Crippen LogP contribution in [0.3, 0.4) is 0 Å². The molecule has 0 saturated carbocycles. The fourth-order valence-corrected chi connectivity index (χ4v) is 4.50. The minimum Gasteiger partial charge on any atom is -0.463 e. The topological polar surface area (TPSA) is 118 Å². The highest BCUT2D eigenvalue weighted by Gasteiger charge is 2.26. The first-order valence-electron chi connectivity index (χ1n) is 12.3. The number of hydrogen-bond donors (Lipinski definition) is 1. The summed E-state index contributed by atoms with van der Waals surface area (Å²) in [4.78, 5) is 57.7. The zero-order valence-electron chi connectivity index (χ0n) is 21.1. The van der Waals surface area contributed by atoms with E-state index in [-0.39, 0.29) is 30.8 Å². The Morgan fingerprint density at radius 1 is 1.03 bits per heavy atom. The molecule has 0 aliphatic carbocycles. The highest BCUT2D eigenvalue weighted by molar-refractivity contribution is 7.16. The highest BCUT2D eigenvalue weighted by Crippen LogP contribution is 2.29. The Morgan fingerprint density at radius 2 is 1.73 bits per heavy atom. The minimum absolute atomic E-state index is 0.122. The molecule has 1 fully saturated rings. The molecule has 1 saturated heterocycles. The first-order valence-corrected chi connectivity index (χ1v) is 13.1. The Labute approximate surface area is 220 Å². The first kappa shape index (κ1) is 27.9. The average Bonchev–Trinajstić information content (AvgIpc) is 3.36. The molecule has 1 aromatic carbocycles. The first-order chi connectivity index (χ1) is 17.9. The van der Waals surface area contributed by atoms with Crippen LogP contribution in [0, 0.1) is 0 Å². The number of nitrogens with zero attached hydrogens (tertiary/aromatic N) is 3. The quantitative estimate of drug-likeness (QED) is 0.286. The molecule has 1 aliphatic rings. The van der Waals surface area contributed by atoms with Crippen LogP contribution in [0.1, 0.15) is 42.1 Å². The molecule has 0 atom stereocenters. The molecule has 3 amide bonds. The van der Waals surface area contributed by atoms with Crippen molar-refractivity contribution in [2.24, 2.45) is 0 Å². The van der Waals surface area contributed by atoms with E-state index in [1.165, 1.54) is 23.5 Å². The van der Waals surface area contributed by atoms with E-state index in [4.69, 9.17) is 9.47 Å². The van der Waals surface area contributed by atoms with Gasteiger partial charge in [0.15, 0.2) is 0 Å². The van der Waals surface area contributed by atoms with Crippen molar-refractivity contribution in [3.63, 3.8) is 0 Å². The lowest BCUT2D eigenvalue weighted by Gasteiger charge is -2.34. The van der Waals surface area contributed by atoms with Crippen molar-refractivity contribution in [2.75, 3.05) is 45.9 Å². The number of carbonyl (C=O) groups is 4. The Balaban J connectivity index is 1.60. The number of hydrogen-bond acceptors (Lipinski definition) is 8. The van der Waals surface area contributed by atoms with Gasteiger partial charge in [0.05, 0.1) is 24.6 Å². The zero-order valence-corrected chi connectivity index (χ0v) is 21.9. The number of amides is 3. The number of benzene rings is 1. The van der Waals surface area contributed by atoms with Gasteiger partial charge in [-0.15, -0.1) is 11.3 Å². The van der Waals surface area contributed by atoms with Gasteiger partial charge >= 0.3 is 12.1 Å². The Bertz CT molecular complexity index is 1110. The molecule has 10 nitrogen and oxygen atoms in total. The maximum Gasteiger partial charge on any atom is 0.409 e. The molecule has 2 aromatic rings. The van der Waals surface area contributed by atoms with Crippen molar-refractivity contribution < 1.29 is 28.7 Å². The van der Waals surface area contributed by atoms with Crippen molar-refractivity contribution in [2.45, 2.75) is 26.7 Å². The van der Waals surface area contributed by atoms with E-state index in [2.05, 4.69) is 10.3 Å². The number of nitrogens with one attached hydrogen (secondary N) is 1. The lowest BCUT2D eigenvalue weighted by Crippen LogP contribution is -2.52. The van der Waals surface area contributed by atoms with E-state index in [9.17, 15) is 19.2 Å². The Morgan fingerprint density at radius 3 is 2.41 bits per heavy atom. The highest BCUT2D eigenvalue weighted by atomic mass is 32.1. The van der Waals surface area contributed by atoms with Crippen LogP contribution < -0.4 is 5.32 Å². The minimum atomic E-state index is -0.521. The van der Waals surface area contributed by atoms with Crippen LogP contribution >= 0.6 is 11.3 Å². The second kappa shape index (κ2) is 14.1. The summed E-state index contributed by atoms with van der Waals surface area (Å²) in [5.74, 6) is -1.30. The van der Waals surface area contributed by atoms with Crippen molar-refractivity contribution >= 4 is 41.3 Å². The van der Waals surface area contributed by atoms with E-state index in [1.54, 1.807) is 16.7 Å². The predicted octanol–water partition coefficient (Wildman–Crippen LogP) is 3.20. The van der Waals surface area contributed by atoms with Gasteiger partial charge in [-0.1, -0.05) is 43.7 Å². The Hall–Kier alpha value is -3.73. The maximum absolute atomic E-state index is 13.0. The molecule has 1 aromatic heterocycles. The fourth-order valence-electron chi connectivity index (χ4n) is 3.53. The van der Waals surface area contributed by atoms with Crippen LogP contribution in [0.4, 0.5) is 4.79 Å². The largest absolute Gasteiger partial charge is 0.463 e. The molecular formula is C26H32N4O6S. The fraction of sp³-hybridized carbons (Fsp3) is 0.423. The molecule has 0 unspecified atom stereocenters. The van der Waals surface area contributed by atoms with Gasteiger partial charge in [-0.05, 0) is 19.4 Å². The van der Waals surface area contributed by atoms with Crippen LogP contribution in [0.5, 0.6) is 0 Å². The second-order valence-corrected chi connectivity index (χ2v) is 9.23. The maximum atomic E-state index is 13.0. The van der Waals surface area contributed by atoms with Crippen LogP contribution in [0.25, 0.3) is 16.6 Å². The summed E-state index contributed by atoms with van der Waals surface area (Å²) in [5.41, 5.74) is 0.955. The molecule has 0 radical (unpaired) electrons. The summed E-state index contributed by atoms with van der Waals surface area (Å²) >= 11 is 1.26. The number of carbonyl (C=O) groups excluding carboxylic acids is 4. The van der Waals surface area contributed by atoms with Gasteiger partial charge < -0.3 is 24.6 Å². The SMILES string of the molecule is CCCCOC(=O)N1CCN(C(=O)CNC(=O)c2nc(-c3ccccc3)sc2/C=C/C(=O)OCC)CC1. The van der Waals surface area contributed by atoms with Gasteiger partial charge in [0.1, 0.15) is 10.7 Å². The number of aromatic nitrogens is 1. The van der Waals surface area contributed by atoms with Gasteiger partial charge in [0, 0.05) is 37.8 Å². The van der Waals surface area contributed by atoms with Crippen LogP contribution in [-0.4, -0.2) is 84.6 Å². The summed E-state index contributed by atoms with van der Waals surface area (Å²) in [6.07, 6.45) is 4.14. The van der Waals surface area contributed by atoms with Gasteiger partial charge in [0.25, 0.3) is 5.91 Å². The van der Waals surface area contributed by atoms with Crippen molar-refractivity contribution in [3.8, 4) is 10.6 Å². The molecule has 3 rings (SSSR count). The lowest BCUT2D eigenvalue weighted by atomic mass is 10.2. The third-order valence-electron chi connectivity index (χ3n) is 5.56. The van der Waals surface area contributed by atoms with Gasteiger partial charge in [-0.25, -0.2) is 14.6 Å². The number of ether oxygens (including phenoxy) is 2. The van der Waals surface area contributed by atoms with Crippen LogP contribution in [-0.2, 0) is 19.1 Å². The third kappa shape index (κ3) is 8.14. The number of unbranched alkanes of at least 4 members (excludes halogenated alkanes) is 1. The van der Waals surface area contributed by atoms with Crippen LogP contribution in [0.15, 0.2) is 36.4 Å². The summed E-state index contributed by atoms with van der Waals surface area (Å²) in [7, 11) is 0. The monoisotopic (exact) mass is 528 g/mol. The molecule has 0 bridgehead atoms. The number of rotatable bonds is 10.